The Morgan fingerprint density at radius 1 is 1.37 bits per heavy atom. The second kappa shape index (κ2) is 4.97. The number of rotatable bonds is 4. The van der Waals surface area contributed by atoms with Crippen molar-refractivity contribution in [2.75, 3.05) is 19.6 Å². The minimum absolute atomic E-state index is 0.0247. The molecule has 3 heterocycles. The van der Waals surface area contributed by atoms with Crippen molar-refractivity contribution in [2.24, 2.45) is 0 Å². The highest BCUT2D eigenvalue weighted by Gasteiger charge is 2.27. The molecule has 2 aromatic rings. The first kappa shape index (κ1) is 12.1. The number of likely N-dealkylation sites (tertiary alicyclic amines) is 1. The summed E-state index contributed by atoms with van der Waals surface area (Å²) in [7, 11) is 0. The van der Waals surface area contributed by atoms with E-state index in [1.807, 2.05) is 23.9 Å². The Bertz CT molecular complexity index is 598. The zero-order chi connectivity index (χ0) is 13.2. The van der Waals surface area contributed by atoms with Crippen LogP contribution in [0.4, 0.5) is 0 Å². The van der Waals surface area contributed by atoms with Crippen LogP contribution in [0.25, 0.3) is 0 Å². The molecule has 1 fully saturated rings. The van der Waals surface area contributed by atoms with Crippen LogP contribution in [0, 0.1) is 6.92 Å². The molecule has 100 valence electrons. The van der Waals surface area contributed by atoms with Crippen molar-refractivity contribution >= 4 is 0 Å². The molecule has 1 saturated heterocycles. The lowest BCUT2D eigenvalue weighted by Crippen LogP contribution is -2.49. The van der Waals surface area contributed by atoms with E-state index in [0.29, 0.717) is 12.6 Å². The van der Waals surface area contributed by atoms with Crippen molar-refractivity contribution in [1.29, 1.82) is 0 Å². The molecule has 2 aromatic heterocycles. The van der Waals surface area contributed by atoms with Gasteiger partial charge in [0, 0.05) is 50.3 Å². The van der Waals surface area contributed by atoms with E-state index < -0.39 is 0 Å². The highest BCUT2D eigenvalue weighted by molar-refractivity contribution is 4.96. The van der Waals surface area contributed by atoms with E-state index in [1.165, 1.54) is 0 Å². The molecular formula is C13H17N5O. The smallest absolute Gasteiger partial charge is 0.253 e. The van der Waals surface area contributed by atoms with E-state index >= 15 is 0 Å². The van der Waals surface area contributed by atoms with Gasteiger partial charge in [-0.05, 0) is 13.0 Å². The Balaban J connectivity index is 1.51. The molecule has 6 heteroatoms. The third-order valence-electron chi connectivity index (χ3n) is 3.51. The molecule has 1 aliphatic heterocycles. The average Bonchev–Trinajstić information content (AvgIpc) is 2.83. The standard InChI is InChI=1S/C13H17N5O/c1-11-7-13(19)17(10-14-11)6-5-16-8-12(9-16)18-4-2-3-15-18/h2-4,7,10,12H,5-6,8-9H2,1H3. The molecule has 0 radical (unpaired) electrons. The summed E-state index contributed by atoms with van der Waals surface area (Å²) in [6.07, 6.45) is 5.43. The summed E-state index contributed by atoms with van der Waals surface area (Å²) in [5, 5.41) is 4.24. The molecule has 0 bridgehead atoms. The first-order valence-electron chi connectivity index (χ1n) is 6.47. The van der Waals surface area contributed by atoms with Crippen LogP contribution in [0.5, 0.6) is 0 Å². The Morgan fingerprint density at radius 2 is 2.21 bits per heavy atom. The van der Waals surface area contributed by atoms with Gasteiger partial charge < -0.3 is 0 Å². The molecule has 3 rings (SSSR count). The minimum atomic E-state index is 0.0247. The molecule has 6 nitrogen and oxygen atoms in total. The predicted molar refractivity (Wildman–Crippen MR) is 70.9 cm³/mol. The van der Waals surface area contributed by atoms with Crippen LogP contribution in [0.15, 0.2) is 35.6 Å². The maximum Gasteiger partial charge on any atom is 0.253 e. The molecule has 0 amide bonds. The monoisotopic (exact) mass is 259 g/mol. The fourth-order valence-corrected chi connectivity index (χ4v) is 2.32. The third-order valence-corrected chi connectivity index (χ3v) is 3.51. The molecule has 0 N–H and O–H groups in total. The van der Waals surface area contributed by atoms with E-state index in [9.17, 15) is 4.79 Å². The molecular weight excluding hydrogens is 242 g/mol. The summed E-state index contributed by atoms with van der Waals surface area (Å²) in [5.41, 5.74) is 0.792. The van der Waals surface area contributed by atoms with E-state index in [4.69, 9.17) is 0 Å². The van der Waals surface area contributed by atoms with Crippen molar-refractivity contribution < 1.29 is 0 Å². The number of hydrogen-bond acceptors (Lipinski definition) is 4. The van der Waals surface area contributed by atoms with Gasteiger partial charge in [0.2, 0.25) is 0 Å². The Hall–Kier alpha value is -1.95. The normalized spacial score (nSPS) is 16.5. The second-order valence-corrected chi connectivity index (χ2v) is 4.96. The van der Waals surface area contributed by atoms with Crippen LogP contribution in [0.3, 0.4) is 0 Å². The van der Waals surface area contributed by atoms with Crippen molar-refractivity contribution in [1.82, 2.24) is 24.2 Å². The maximum absolute atomic E-state index is 11.7. The van der Waals surface area contributed by atoms with Gasteiger partial charge in [-0.15, -0.1) is 0 Å². The zero-order valence-corrected chi connectivity index (χ0v) is 10.9. The highest BCUT2D eigenvalue weighted by Crippen LogP contribution is 2.19. The molecule has 0 unspecified atom stereocenters. The highest BCUT2D eigenvalue weighted by atomic mass is 16.1. The van der Waals surface area contributed by atoms with Crippen molar-refractivity contribution in [3.8, 4) is 0 Å². The van der Waals surface area contributed by atoms with E-state index in [-0.39, 0.29) is 5.56 Å². The summed E-state index contributed by atoms with van der Waals surface area (Å²) >= 11 is 0. The number of hydrogen-bond donors (Lipinski definition) is 0. The first-order chi connectivity index (χ1) is 9.22. The lowest BCUT2D eigenvalue weighted by molar-refractivity contribution is 0.0942. The molecule has 1 aliphatic rings. The van der Waals surface area contributed by atoms with Crippen LogP contribution in [-0.4, -0.2) is 43.9 Å². The van der Waals surface area contributed by atoms with Crippen LogP contribution in [-0.2, 0) is 6.54 Å². The van der Waals surface area contributed by atoms with Gasteiger partial charge in [0.05, 0.1) is 12.4 Å². The zero-order valence-electron chi connectivity index (χ0n) is 10.9. The lowest BCUT2D eigenvalue weighted by atomic mass is 10.1. The first-order valence-corrected chi connectivity index (χ1v) is 6.47. The minimum Gasteiger partial charge on any atom is -0.298 e. The Morgan fingerprint density at radius 3 is 2.89 bits per heavy atom. The molecule has 0 spiro atoms. The van der Waals surface area contributed by atoms with Crippen molar-refractivity contribution in [3.63, 3.8) is 0 Å². The summed E-state index contributed by atoms with van der Waals surface area (Å²) in [4.78, 5) is 18.2. The molecule has 19 heavy (non-hydrogen) atoms. The van der Waals surface area contributed by atoms with Crippen LogP contribution >= 0.6 is 0 Å². The number of aromatic nitrogens is 4. The summed E-state index contributed by atoms with van der Waals surface area (Å²) in [6, 6.07) is 3.99. The largest absolute Gasteiger partial charge is 0.298 e. The topological polar surface area (TPSA) is 56.0 Å². The number of nitrogens with zero attached hydrogens (tertiary/aromatic N) is 5. The van der Waals surface area contributed by atoms with Crippen LogP contribution < -0.4 is 5.56 Å². The predicted octanol–water partition coefficient (Wildman–Crippen LogP) is 0.305. The van der Waals surface area contributed by atoms with Crippen LogP contribution in [0.1, 0.15) is 11.7 Å². The van der Waals surface area contributed by atoms with Gasteiger partial charge in [0.15, 0.2) is 0 Å². The average molecular weight is 259 g/mol. The van der Waals surface area contributed by atoms with E-state index in [0.717, 1.165) is 25.3 Å². The van der Waals surface area contributed by atoms with Gasteiger partial charge >= 0.3 is 0 Å². The second-order valence-electron chi connectivity index (χ2n) is 4.96. The molecule has 0 atom stereocenters. The molecule has 0 saturated carbocycles. The Labute approximate surface area is 111 Å². The van der Waals surface area contributed by atoms with E-state index in [1.54, 1.807) is 23.2 Å². The third kappa shape index (κ3) is 2.58. The van der Waals surface area contributed by atoms with Gasteiger partial charge in [-0.25, -0.2) is 4.98 Å². The van der Waals surface area contributed by atoms with Crippen molar-refractivity contribution in [2.45, 2.75) is 19.5 Å². The maximum atomic E-state index is 11.7. The fraction of sp³-hybridized carbons (Fsp3) is 0.462. The summed E-state index contributed by atoms with van der Waals surface area (Å²) in [6.45, 7) is 5.39. The fourth-order valence-electron chi connectivity index (χ4n) is 2.32. The summed E-state index contributed by atoms with van der Waals surface area (Å²) < 4.78 is 3.66. The number of aryl methyl sites for hydroxylation is 1. The summed E-state index contributed by atoms with van der Waals surface area (Å²) in [5.74, 6) is 0. The van der Waals surface area contributed by atoms with Gasteiger partial charge in [0.25, 0.3) is 5.56 Å². The van der Waals surface area contributed by atoms with Gasteiger partial charge in [-0.1, -0.05) is 0 Å². The van der Waals surface area contributed by atoms with Gasteiger partial charge in [0.1, 0.15) is 0 Å². The lowest BCUT2D eigenvalue weighted by Gasteiger charge is -2.39. The Kier molecular flexibility index (Phi) is 3.16. The molecule has 0 aliphatic carbocycles. The van der Waals surface area contributed by atoms with Gasteiger partial charge in [-0.3, -0.25) is 18.9 Å². The van der Waals surface area contributed by atoms with Gasteiger partial charge in [-0.2, -0.15) is 5.10 Å². The SMILES string of the molecule is Cc1cc(=O)n(CCN2CC(n3cccn3)C2)cn1. The van der Waals surface area contributed by atoms with Crippen LogP contribution in [0.2, 0.25) is 0 Å². The quantitative estimate of drug-likeness (QED) is 0.792. The van der Waals surface area contributed by atoms with Crippen molar-refractivity contribution in [3.05, 3.63) is 46.9 Å². The van der Waals surface area contributed by atoms with E-state index in [2.05, 4.69) is 15.0 Å². The molecule has 0 aromatic carbocycles.